The first kappa shape index (κ1) is 24.7. The summed E-state index contributed by atoms with van der Waals surface area (Å²) in [7, 11) is 0. The van der Waals surface area contributed by atoms with Crippen molar-refractivity contribution in [2.75, 3.05) is 0 Å². The Kier molecular flexibility index (Phi) is 5.38. The second-order valence-electron chi connectivity index (χ2n) is 11.1. The van der Waals surface area contributed by atoms with E-state index in [1.807, 2.05) is 0 Å². The Bertz CT molecular complexity index is 2600. The zero-order chi connectivity index (χ0) is 28.5. The van der Waals surface area contributed by atoms with Crippen LogP contribution >= 0.6 is 6.04 Å². The van der Waals surface area contributed by atoms with Crippen molar-refractivity contribution in [2.24, 2.45) is 0 Å². The van der Waals surface area contributed by atoms with E-state index in [2.05, 4.69) is 156 Å². The number of hydrogen-bond donors (Lipinski definition) is 0. The molecule has 2 nitrogen and oxygen atoms in total. The summed E-state index contributed by atoms with van der Waals surface area (Å²) in [6, 6.07) is 52.1. The van der Waals surface area contributed by atoms with Gasteiger partial charge in [-0.3, -0.25) is 4.40 Å². The minimum absolute atomic E-state index is 0.979. The van der Waals surface area contributed by atoms with Gasteiger partial charge in [-0.15, -0.1) is 0 Å². The molecule has 0 saturated heterocycles. The molecule has 2 heterocycles. The number of para-hydroxylation sites is 3. The van der Waals surface area contributed by atoms with E-state index in [0.717, 1.165) is 27.6 Å². The molecular weight excluding hydrogens is 559 g/mol. The van der Waals surface area contributed by atoms with Gasteiger partial charge >= 0.3 is 0 Å². The smallest absolute Gasteiger partial charge is 0.146 e. The van der Waals surface area contributed by atoms with Gasteiger partial charge in [0.05, 0.1) is 16.6 Å². The first-order chi connectivity index (χ1) is 21.2. The van der Waals surface area contributed by atoms with Crippen molar-refractivity contribution < 1.29 is 0 Å². The van der Waals surface area contributed by atoms with E-state index in [1.165, 1.54) is 48.2 Å². The van der Waals surface area contributed by atoms with Crippen LogP contribution in [0.1, 0.15) is 0 Å². The fourth-order valence-corrected chi connectivity index (χ4v) is 10.5. The average molecular weight is 585 g/mol. The molecule has 0 aliphatic heterocycles. The van der Waals surface area contributed by atoms with E-state index in [4.69, 9.17) is 16.8 Å². The largest absolute Gasteiger partial charge is 0.292 e. The molecule has 9 aromatic rings. The lowest BCUT2D eigenvalue weighted by molar-refractivity contribution is 1.32. The summed E-state index contributed by atoms with van der Waals surface area (Å²) in [5.41, 5.74) is 4.26. The molecular formula is C39H25N2PS. The fraction of sp³-hybridized carbons (Fsp3) is 0. The molecule has 0 saturated carbocycles. The van der Waals surface area contributed by atoms with Gasteiger partial charge < -0.3 is 0 Å². The topological polar surface area (TPSA) is 17.3 Å². The maximum atomic E-state index is 6.88. The van der Waals surface area contributed by atoms with Crippen LogP contribution < -0.4 is 15.9 Å². The van der Waals surface area contributed by atoms with E-state index < -0.39 is 6.04 Å². The third-order valence-electron chi connectivity index (χ3n) is 8.82. The van der Waals surface area contributed by atoms with Gasteiger partial charge in [0.2, 0.25) is 0 Å². The van der Waals surface area contributed by atoms with E-state index >= 15 is 0 Å². The molecule has 7 aromatic carbocycles. The minimum Gasteiger partial charge on any atom is -0.292 e. The van der Waals surface area contributed by atoms with Crippen molar-refractivity contribution in [3.05, 3.63) is 152 Å². The highest BCUT2D eigenvalue weighted by atomic mass is 32.4. The first-order valence-electron chi connectivity index (χ1n) is 14.5. The summed E-state index contributed by atoms with van der Waals surface area (Å²) in [5, 5.41) is 12.1. The van der Waals surface area contributed by atoms with Crippen molar-refractivity contribution in [3.63, 3.8) is 0 Å². The number of aromatic nitrogens is 2. The lowest BCUT2D eigenvalue weighted by Crippen LogP contribution is -2.24. The van der Waals surface area contributed by atoms with Crippen LogP contribution in [0.5, 0.6) is 0 Å². The van der Waals surface area contributed by atoms with E-state index in [0.29, 0.717) is 0 Å². The number of pyridine rings is 1. The number of hydrogen-bond acceptors (Lipinski definition) is 2. The molecule has 0 N–H and O–H groups in total. The van der Waals surface area contributed by atoms with Crippen LogP contribution in [0.3, 0.4) is 0 Å². The fourth-order valence-electron chi connectivity index (χ4n) is 6.77. The normalized spacial score (nSPS) is 13.4. The average Bonchev–Trinajstić information content (AvgIpc) is 3.48. The van der Waals surface area contributed by atoms with Gasteiger partial charge in [0.1, 0.15) is 5.65 Å². The Balaban J connectivity index is 1.35. The molecule has 0 amide bonds. The summed E-state index contributed by atoms with van der Waals surface area (Å²) in [6.45, 7) is 0. The molecule has 0 spiro atoms. The van der Waals surface area contributed by atoms with Crippen LogP contribution in [0.2, 0.25) is 0 Å². The Labute approximate surface area is 253 Å². The van der Waals surface area contributed by atoms with Crippen LogP contribution in [0.4, 0.5) is 0 Å². The predicted molar refractivity (Wildman–Crippen MR) is 189 cm³/mol. The van der Waals surface area contributed by atoms with Crippen LogP contribution in [0.15, 0.2) is 152 Å². The maximum absolute atomic E-state index is 6.88. The molecule has 43 heavy (non-hydrogen) atoms. The molecule has 0 radical (unpaired) electrons. The molecule has 202 valence electrons. The molecule has 2 aromatic heterocycles. The quantitative estimate of drug-likeness (QED) is 0.152. The zero-order valence-corrected chi connectivity index (χ0v) is 24.9. The van der Waals surface area contributed by atoms with Gasteiger partial charge in [-0.2, -0.15) is 0 Å². The summed E-state index contributed by atoms with van der Waals surface area (Å²) < 4.78 is 2.30. The highest BCUT2D eigenvalue weighted by Gasteiger charge is 2.26. The molecule has 0 aliphatic carbocycles. The summed E-state index contributed by atoms with van der Waals surface area (Å²) in [6.07, 6.45) is 0. The number of benzene rings is 7. The standard InChI is InChI=1S/C39H25N2PS/c43-42(28-11-2-1-3-12-28,29-20-22-32-27(24-29)19-18-26-10-4-5-13-31(26)32)30-21-23-34-35(25-30)33-14-6-8-16-37(33)41-38-17-9-7-15-36(38)40-39(34)41/h1-25H. The molecule has 0 fully saturated rings. The molecule has 9 rings (SSSR count). The lowest BCUT2D eigenvalue weighted by atomic mass is 10.0. The molecule has 1 unspecified atom stereocenters. The van der Waals surface area contributed by atoms with Crippen LogP contribution in [0, 0.1) is 0 Å². The van der Waals surface area contributed by atoms with Crippen molar-refractivity contribution >= 4 is 93.7 Å². The molecule has 0 bridgehead atoms. The molecule has 0 aliphatic rings. The van der Waals surface area contributed by atoms with E-state index in [9.17, 15) is 0 Å². The second kappa shape index (κ2) is 9.34. The maximum Gasteiger partial charge on any atom is 0.146 e. The van der Waals surface area contributed by atoms with E-state index in [1.54, 1.807) is 0 Å². The van der Waals surface area contributed by atoms with Crippen LogP contribution in [0.25, 0.3) is 59.9 Å². The Morgan fingerprint density at radius 2 is 1.07 bits per heavy atom. The van der Waals surface area contributed by atoms with Gasteiger partial charge in [-0.1, -0.05) is 127 Å². The van der Waals surface area contributed by atoms with Crippen LogP contribution in [-0.4, -0.2) is 9.38 Å². The van der Waals surface area contributed by atoms with Crippen molar-refractivity contribution in [1.29, 1.82) is 0 Å². The third-order valence-corrected chi connectivity index (χ3v) is 13.7. The highest BCUT2D eigenvalue weighted by Crippen LogP contribution is 2.45. The minimum atomic E-state index is -2.41. The highest BCUT2D eigenvalue weighted by molar-refractivity contribution is 8.25. The molecule has 4 heteroatoms. The van der Waals surface area contributed by atoms with Gasteiger partial charge in [0.15, 0.2) is 0 Å². The summed E-state index contributed by atoms with van der Waals surface area (Å²) in [5.74, 6) is 0. The Morgan fingerprint density at radius 1 is 0.442 bits per heavy atom. The van der Waals surface area contributed by atoms with E-state index in [-0.39, 0.29) is 0 Å². The number of imidazole rings is 1. The van der Waals surface area contributed by atoms with Gasteiger partial charge in [-0.05, 0) is 79.2 Å². The zero-order valence-electron chi connectivity index (χ0n) is 23.2. The van der Waals surface area contributed by atoms with Gasteiger partial charge in [-0.25, -0.2) is 4.98 Å². The number of nitrogens with zero attached hydrogens (tertiary/aromatic N) is 2. The summed E-state index contributed by atoms with van der Waals surface area (Å²) in [4.78, 5) is 5.11. The number of fused-ring (bicyclic) bond motifs is 11. The van der Waals surface area contributed by atoms with Crippen molar-refractivity contribution in [3.8, 4) is 0 Å². The third kappa shape index (κ3) is 3.59. The molecule has 1 atom stereocenters. The Morgan fingerprint density at radius 3 is 1.93 bits per heavy atom. The summed E-state index contributed by atoms with van der Waals surface area (Å²) >= 11 is 6.88. The predicted octanol–water partition coefficient (Wildman–Crippen LogP) is 8.86. The van der Waals surface area contributed by atoms with Crippen molar-refractivity contribution in [2.45, 2.75) is 0 Å². The van der Waals surface area contributed by atoms with Crippen LogP contribution in [-0.2, 0) is 11.8 Å². The number of rotatable bonds is 3. The second-order valence-corrected chi connectivity index (χ2v) is 15.6. The first-order valence-corrected chi connectivity index (χ1v) is 17.3. The SMILES string of the molecule is S=P(c1ccccc1)(c1ccc2c(ccc3ccccc32)c1)c1ccc2c(c1)c1ccccc1n1c3ccccc3nc21. The van der Waals surface area contributed by atoms with Crippen molar-refractivity contribution in [1.82, 2.24) is 9.38 Å². The monoisotopic (exact) mass is 584 g/mol. The van der Waals surface area contributed by atoms with Gasteiger partial charge in [0, 0.05) is 16.8 Å². The lowest BCUT2D eigenvalue weighted by Gasteiger charge is -2.25. The van der Waals surface area contributed by atoms with Gasteiger partial charge in [0.25, 0.3) is 0 Å². The Hall–Kier alpha value is -4.82.